The molecule has 21 heavy (non-hydrogen) atoms. The quantitative estimate of drug-likeness (QED) is 0.886. The van der Waals surface area contributed by atoms with Gasteiger partial charge in [-0.15, -0.1) is 11.3 Å². The van der Waals surface area contributed by atoms with Gasteiger partial charge in [0.05, 0.1) is 5.69 Å². The summed E-state index contributed by atoms with van der Waals surface area (Å²) < 4.78 is 0.978. The van der Waals surface area contributed by atoms with Crippen molar-refractivity contribution >= 4 is 44.6 Å². The highest BCUT2D eigenvalue weighted by atomic mass is 35.5. The lowest BCUT2D eigenvalue weighted by molar-refractivity contribution is 0.0753. The number of fused-ring (bicyclic) bond motifs is 1. The highest BCUT2D eigenvalue weighted by molar-refractivity contribution is 7.21. The van der Waals surface area contributed by atoms with Gasteiger partial charge < -0.3 is 10.6 Å². The summed E-state index contributed by atoms with van der Waals surface area (Å²) in [4.78, 5) is 15.4. The molecule has 0 radical (unpaired) electrons. The Morgan fingerprint density at radius 3 is 2.90 bits per heavy atom. The Morgan fingerprint density at radius 1 is 1.48 bits per heavy atom. The van der Waals surface area contributed by atoms with E-state index in [0.29, 0.717) is 21.5 Å². The molecule has 1 amide bonds. The van der Waals surface area contributed by atoms with Crippen molar-refractivity contribution in [2.75, 3.05) is 18.8 Å². The molecule has 0 bridgehead atoms. The van der Waals surface area contributed by atoms with Crippen LogP contribution in [0.1, 0.15) is 35.9 Å². The Hall–Kier alpha value is -1.26. The van der Waals surface area contributed by atoms with Gasteiger partial charge in [-0.1, -0.05) is 18.5 Å². The van der Waals surface area contributed by atoms with Crippen molar-refractivity contribution in [3.63, 3.8) is 0 Å². The predicted molar refractivity (Wildman–Crippen MR) is 90.2 cm³/mol. The van der Waals surface area contributed by atoms with Crippen LogP contribution in [0, 0.1) is 5.92 Å². The summed E-state index contributed by atoms with van der Waals surface area (Å²) in [7, 11) is 0. The number of halogens is 1. The van der Waals surface area contributed by atoms with Crippen LogP contribution >= 0.6 is 22.9 Å². The van der Waals surface area contributed by atoms with Gasteiger partial charge in [0.2, 0.25) is 0 Å². The molecule has 1 saturated carbocycles. The number of hydrogen-bond donors (Lipinski definition) is 1. The van der Waals surface area contributed by atoms with Crippen LogP contribution in [0.4, 0.5) is 5.69 Å². The summed E-state index contributed by atoms with van der Waals surface area (Å²) in [6, 6.07) is 5.58. The summed E-state index contributed by atoms with van der Waals surface area (Å²) >= 11 is 7.47. The maximum Gasteiger partial charge on any atom is 0.266 e. The molecule has 0 atom stereocenters. The summed E-state index contributed by atoms with van der Waals surface area (Å²) in [5.41, 5.74) is 6.78. The standard InChI is InChI=1S/C16H19ClN2OS/c1-2-7-19(9-10-3-4-10)16(20)15-14(18)12-6-5-11(17)8-13(12)21-15/h5-6,8,10H,2-4,7,9,18H2,1H3. The number of nitrogens with zero attached hydrogens (tertiary/aromatic N) is 1. The van der Waals surface area contributed by atoms with Gasteiger partial charge >= 0.3 is 0 Å². The number of anilines is 1. The summed E-state index contributed by atoms with van der Waals surface area (Å²) in [6.45, 7) is 3.76. The van der Waals surface area contributed by atoms with Crippen molar-refractivity contribution in [2.24, 2.45) is 5.92 Å². The third-order valence-electron chi connectivity index (χ3n) is 3.84. The lowest BCUT2D eigenvalue weighted by Crippen LogP contribution is -2.33. The summed E-state index contributed by atoms with van der Waals surface area (Å²) in [6.07, 6.45) is 3.45. The average Bonchev–Trinajstić information content (AvgIpc) is 3.21. The van der Waals surface area contributed by atoms with E-state index in [4.69, 9.17) is 17.3 Å². The SMILES string of the molecule is CCCN(CC1CC1)C(=O)c1sc2cc(Cl)ccc2c1N. The number of amides is 1. The van der Waals surface area contributed by atoms with Crippen LogP contribution in [0.15, 0.2) is 18.2 Å². The predicted octanol–water partition coefficient (Wildman–Crippen LogP) is 4.40. The van der Waals surface area contributed by atoms with Crippen LogP contribution in [-0.2, 0) is 0 Å². The largest absolute Gasteiger partial charge is 0.397 e. The van der Waals surface area contributed by atoms with Crippen LogP contribution in [0.5, 0.6) is 0 Å². The molecule has 2 aromatic rings. The van der Waals surface area contributed by atoms with E-state index in [0.717, 1.165) is 29.6 Å². The van der Waals surface area contributed by atoms with Gasteiger partial charge in [0.25, 0.3) is 5.91 Å². The molecule has 5 heteroatoms. The first-order valence-electron chi connectivity index (χ1n) is 7.37. The van der Waals surface area contributed by atoms with E-state index in [1.54, 1.807) is 0 Å². The third-order valence-corrected chi connectivity index (χ3v) is 5.23. The number of nitrogens with two attached hydrogens (primary N) is 1. The van der Waals surface area contributed by atoms with Gasteiger partial charge in [0.1, 0.15) is 4.88 Å². The zero-order valence-electron chi connectivity index (χ0n) is 12.1. The number of nitrogen functional groups attached to an aromatic ring is 1. The molecule has 0 aliphatic heterocycles. The van der Waals surface area contributed by atoms with E-state index in [2.05, 4.69) is 6.92 Å². The smallest absolute Gasteiger partial charge is 0.266 e. The van der Waals surface area contributed by atoms with Gasteiger partial charge in [0, 0.05) is 28.2 Å². The van der Waals surface area contributed by atoms with Crippen molar-refractivity contribution in [1.29, 1.82) is 0 Å². The van der Waals surface area contributed by atoms with E-state index in [9.17, 15) is 4.79 Å². The molecule has 0 unspecified atom stereocenters. The normalized spacial score (nSPS) is 14.6. The Balaban J connectivity index is 1.93. The number of carbonyl (C=O) groups is 1. The molecule has 3 rings (SSSR count). The Bertz CT molecular complexity index is 678. The van der Waals surface area contributed by atoms with Crippen LogP contribution in [-0.4, -0.2) is 23.9 Å². The minimum Gasteiger partial charge on any atom is -0.397 e. The molecule has 3 nitrogen and oxygen atoms in total. The summed E-state index contributed by atoms with van der Waals surface area (Å²) in [5.74, 6) is 0.754. The van der Waals surface area contributed by atoms with Crippen molar-refractivity contribution in [3.05, 3.63) is 28.1 Å². The number of thiophene rings is 1. The molecule has 1 aliphatic rings. The molecule has 2 N–H and O–H groups in total. The van der Waals surface area contributed by atoms with Crippen LogP contribution in [0.2, 0.25) is 5.02 Å². The minimum absolute atomic E-state index is 0.0681. The van der Waals surface area contributed by atoms with Gasteiger partial charge in [-0.25, -0.2) is 0 Å². The molecule has 1 aromatic heterocycles. The van der Waals surface area contributed by atoms with E-state index >= 15 is 0 Å². The fourth-order valence-corrected chi connectivity index (χ4v) is 3.92. The molecule has 0 saturated heterocycles. The highest BCUT2D eigenvalue weighted by Gasteiger charge is 2.28. The first kappa shape index (κ1) is 14.7. The van der Waals surface area contributed by atoms with E-state index in [1.165, 1.54) is 24.2 Å². The molecular formula is C16H19ClN2OS. The van der Waals surface area contributed by atoms with Crippen molar-refractivity contribution in [2.45, 2.75) is 26.2 Å². The molecule has 1 aromatic carbocycles. The first-order chi connectivity index (χ1) is 10.1. The maximum absolute atomic E-state index is 12.8. The molecule has 1 aliphatic carbocycles. The van der Waals surface area contributed by atoms with Gasteiger partial charge in [-0.2, -0.15) is 0 Å². The number of benzene rings is 1. The zero-order valence-corrected chi connectivity index (χ0v) is 13.6. The maximum atomic E-state index is 12.8. The number of rotatable bonds is 5. The zero-order chi connectivity index (χ0) is 15.0. The molecule has 1 heterocycles. The van der Waals surface area contributed by atoms with Gasteiger partial charge in [-0.3, -0.25) is 4.79 Å². The van der Waals surface area contributed by atoms with Gasteiger partial charge in [0.15, 0.2) is 0 Å². The Morgan fingerprint density at radius 2 is 2.24 bits per heavy atom. The Kier molecular flexibility index (Phi) is 4.09. The third kappa shape index (κ3) is 3.01. The van der Waals surface area contributed by atoms with Crippen LogP contribution in [0.25, 0.3) is 10.1 Å². The average molecular weight is 323 g/mol. The number of carbonyl (C=O) groups excluding carboxylic acids is 1. The van der Waals surface area contributed by atoms with E-state index in [-0.39, 0.29) is 5.91 Å². The van der Waals surface area contributed by atoms with Crippen molar-refractivity contribution < 1.29 is 4.79 Å². The lowest BCUT2D eigenvalue weighted by Gasteiger charge is -2.21. The second kappa shape index (κ2) is 5.85. The minimum atomic E-state index is 0.0681. The van der Waals surface area contributed by atoms with E-state index < -0.39 is 0 Å². The first-order valence-corrected chi connectivity index (χ1v) is 8.56. The molecule has 112 valence electrons. The second-order valence-electron chi connectivity index (χ2n) is 5.68. The highest BCUT2D eigenvalue weighted by Crippen LogP contribution is 2.37. The monoisotopic (exact) mass is 322 g/mol. The van der Waals surface area contributed by atoms with Crippen molar-refractivity contribution in [1.82, 2.24) is 4.90 Å². The van der Waals surface area contributed by atoms with Crippen LogP contribution in [0.3, 0.4) is 0 Å². The number of hydrogen-bond acceptors (Lipinski definition) is 3. The van der Waals surface area contributed by atoms with Gasteiger partial charge in [-0.05, 0) is 43.4 Å². The lowest BCUT2D eigenvalue weighted by atomic mass is 10.2. The topological polar surface area (TPSA) is 46.3 Å². The van der Waals surface area contributed by atoms with E-state index in [1.807, 2.05) is 23.1 Å². The second-order valence-corrected chi connectivity index (χ2v) is 7.17. The molecule has 1 fully saturated rings. The molecule has 0 spiro atoms. The Labute approximate surface area is 133 Å². The fourth-order valence-electron chi connectivity index (χ4n) is 2.55. The molecular weight excluding hydrogens is 304 g/mol. The van der Waals surface area contributed by atoms with Crippen molar-refractivity contribution in [3.8, 4) is 0 Å². The fraction of sp³-hybridized carbons (Fsp3) is 0.438. The summed E-state index contributed by atoms with van der Waals surface area (Å²) in [5, 5.41) is 1.60. The van der Waals surface area contributed by atoms with Crippen LogP contribution < -0.4 is 5.73 Å².